The summed E-state index contributed by atoms with van der Waals surface area (Å²) in [5.74, 6) is -0.183. The van der Waals surface area contributed by atoms with Crippen LogP contribution < -0.4 is 5.32 Å². The summed E-state index contributed by atoms with van der Waals surface area (Å²) in [4.78, 5) is 25.6. The molecule has 0 saturated carbocycles. The number of aromatic nitrogens is 2. The number of hydrogen-bond donors (Lipinski definition) is 1. The van der Waals surface area contributed by atoms with Crippen LogP contribution in [-0.2, 0) is 16.1 Å². The van der Waals surface area contributed by atoms with Gasteiger partial charge in [-0.25, -0.2) is 0 Å². The van der Waals surface area contributed by atoms with E-state index in [4.69, 9.17) is 0 Å². The molecule has 1 saturated heterocycles. The van der Waals surface area contributed by atoms with Crippen molar-refractivity contribution in [3.63, 3.8) is 0 Å². The predicted octanol–water partition coefficient (Wildman–Crippen LogP) is 0.565. The van der Waals surface area contributed by atoms with Crippen LogP contribution in [0.3, 0.4) is 0 Å². The van der Waals surface area contributed by atoms with Crippen molar-refractivity contribution in [1.29, 1.82) is 0 Å². The van der Waals surface area contributed by atoms with Crippen molar-refractivity contribution in [2.75, 3.05) is 13.1 Å². The zero-order valence-corrected chi connectivity index (χ0v) is 12.3. The summed E-state index contributed by atoms with van der Waals surface area (Å²) in [5.41, 5.74) is 1.10. The molecule has 1 aliphatic rings. The monoisotopic (exact) mass is 278 g/mol. The Bertz CT molecular complexity index is 495. The van der Waals surface area contributed by atoms with Gasteiger partial charge in [0.1, 0.15) is 0 Å². The van der Waals surface area contributed by atoms with Gasteiger partial charge in [0.2, 0.25) is 11.8 Å². The average molecular weight is 278 g/mol. The van der Waals surface area contributed by atoms with Gasteiger partial charge in [-0.3, -0.25) is 14.3 Å². The highest BCUT2D eigenvalue weighted by atomic mass is 16.2. The van der Waals surface area contributed by atoms with Gasteiger partial charge in [0.25, 0.3) is 0 Å². The third-order valence-electron chi connectivity index (χ3n) is 3.56. The molecule has 1 unspecified atom stereocenters. The van der Waals surface area contributed by atoms with E-state index in [0.29, 0.717) is 26.1 Å². The zero-order valence-electron chi connectivity index (χ0n) is 12.3. The van der Waals surface area contributed by atoms with Crippen molar-refractivity contribution in [2.24, 2.45) is 5.92 Å². The number of amides is 2. The van der Waals surface area contributed by atoms with Crippen molar-refractivity contribution in [3.05, 3.63) is 18.0 Å². The van der Waals surface area contributed by atoms with Crippen LogP contribution in [0.1, 0.15) is 25.8 Å². The molecule has 6 heteroatoms. The lowest BCUT2D eigenvalue weighted by atomic mass is 10.1. The summed E-state index contributed by atoms with van der Waals surface area (Å²) in [7, 11) is 0. The lowest BCUT2D eigenvalue weighted by molar-refractivity contribution is -0.129. The maximum Gasteiger partial charge on any atom is 0.225 e. The smallest absolute Gasteiger partial charge is 0.225 e. The first-order valence-corrected chi connectivity index (χ1v) is 7.03. The Morgan fingerprint density at radius 2 is 2.30 bits per heavy atom. The van der Waals surface area contributed by atoms with Gasteiger partial charge in [-0.15, -0.1) is 0 Å². The van der Waals surface area contributed by atoms with Gasteiger partial charge in [-0.05, 0) is 26.3 Å². The van der Waals surface area contributed by atoms with Gasteiger partial charge in [0, 0.05) is 31.7 Å². The molecule has 1 atom stereocenters. The van der Waals surface area contributed by atoms with Crippen molar-refractivity contribution in [2.45, 2.75) is 39.8 Å². The van der Waals surface area contributed by atoms with Crippen molar-refractivity contribution in [3.8, 4) is 0 Å². The minimum Gasteiger partial charge on any atom is -0.354 e. The van der Waals surface area contributed by atoms with Gasteiger partial charge in [0.05, 0.1) is 18.7 Å². The standard InChI is InChI=1S/C14H22N4O2/c1-10(2)18-9-12(6-13(18)19)14(20)15-4-5-17-8-11(3)7-16-17/h7-8,10,12H,4-6,9H2,1-3H3,(H,15,20). The summed E-state index contributed by atoms with van der Waals surface area (Å²) in [5, 5.41) is 7.04. The quantitative estimate of drug-likeness (QED) is 0.856. The Morgan fingerprint density at radius 3 is 2.85 bits per heavy atom. The number of nitrogens with zero attached hydrogens (tertiary/aromatic N) is 3. The molecule has 0 spiro atoms. The van der Waals surface area contributed by atoms with E-state index in [1.54, 1.807) is 15.8 Å². The molecule has 20 heavy (non-hydrogen) atoms. The van der Waals surface area contributed by atoms with Gasteiger partial charge in [-0.2, -0.15) is 5.10 Å². The Hall–Kier alpha value is -1.85. The number of carbonyl (C=O) groups excluding carboxylic acids is 2. The van der Waals surface area contributed by atoms with Crippen molar-refractivity contribution >= 4 is 11.8 Å². The van der Waals surface area contributed by atoms with Crippen LogP contribution in [0.4, 0.5) is 0 Å². The second-order valence-electron chi connectivity index (χ2n) is 5.61. The van der Waals surface area contributed by atoms with Crippen LogP contribution in [-0.4, -0.2) is 45.6 Å². The van der Waals surface area contributed by atoms with E-state index in [9.17, 15) is 9.59 Å². The minimum atomic E-state index is -0.218. The van der Waals surface area contributed by atoms with Gasteiger partial charge < -0.3 is 10.2 Å². The first kappa shape index (κ1) is 14.6. The molecule has 2 rings (SSSR count). The van der Waals surface area contributed by atoms with E-state index in [1.807, 2.05) is 27.0 Å². The SMILES string of the molecule is Cc1cnn(CCNC(=O)C2CC(=O)N(C(C)C)C2)c1. The normalized spacial score (nSPS) is 18.9. The highest BCUT2D eigenvalue weighted by Crippen LogP contribution is 2.19. The van der Waals surface area contributed by atoms with Crippen LogP contribution in [0, 0.1) is 12.8 Å². The van der Waals surface area contributed by atoms with Gasteiger partial charge in [0.15, 0.2) is 0 Å². The highest BCUT2D eigenvalue weighted by molar-refractivity contribution is 5.89. The predicted molar refractivity (Wildman–Crippen MR) is 74.9 cm³/mol. The third kappa shape index (κ3) is 3.37. The summed E-state index contributed by atoms with van der Waals surface area (Å²) in [6, 6.07) is 0.160. The summed E-state index contributed by atoms with van der Waals surface area (Å²) in [6.45, 7) is 7.63. The number of hydrogen-bond acceptors (Lipinski definition) is 3. The van der Waals surface area contributed by atoms with Crippen molar-refractivity contribution < 1.29 is 9.59 Å². The lowest BCUT2D eigenvalue weighted by Gasteiger charge is -2.20. The van der Waals surface area contributed by atoms with E-state index in [1.165, 1.54) is 0 Å². The van der Waals surface area contributed by atoms with Crippen LogP contribution in [0.2, 0.25) is 0 Å². The minimum absolute atomic E-state index is 0.0367. The first-order valence-electron chi connectivity index (χ1n) is 7.03. The number of nitrogens with one attached hydrogen (secondary N) is 1. The molecule has 0 aromatic carbocycles. The maximum atomic E-state index is 12.0. The Balaban J connectivity index is 1.77. The van der Waals surface area contributed by atoms with Gasteiger partial charge >= 0.3 is 0 Å². The fourth-order valence-corrected chi connectivity index (χ4v) is 2.43. The van der Waals surface area contributed by atoms with E-state index >= 15 is 0 Å². The van der Waals surface area contributed by atoms with Crippen LogP contribution in [0.15, 0.2) is 12.4 Å². The molecule has 110 valence electrons. The molecule has 1 aliphatic heterocycles. The van der Waals surface area contributed by atoms with E-state index < -0.39 is 0 Å². The topological polar surface area (TPSA) is 67.2 Å². The Kier molecular flexibility index (Phi) is 4.42. The highest BCUT2D eigenvalue weighted by Gasteiger charge is 2.35. The van der Waals surface area contributed by atoms with Gasteiger partial charge in [-0.1, -0.05) is 0 Å². The van der Waals surface area contributed by atoms with E-state index in [2.05, 4.69) is 10.4 Å². The van der Waals surface area contributed by atoms with Crippen LogP contribution >= 0.6 is 0 Å². The molecule has 1 fully saturated rings. The molecule has 1 aromatic heterocycles. The molecule has 1 aromatic rings. The molecule has 2 amide bonds. The fourth-order valence-electron chi connectivity index (χ4n) is 2.43. The average Bonchev–Trinajstić information content (AvgIpc) is 2.95. The number of carbonyl (C=O) groups is 2. The summed E-state index contributed by atoms with van der Waals surface area (Å²) in [6.07, 6.45) is 4.05. The molecule has 0 aliphatic carbocycles. The number of aryl methyl sites for hydroxylation is 1. The number of rotatable bonds is 5. The Labute approximate surface area is 119 Å². The molecule has 1 N–H and O–H groups in total. The van der Waals surface area contributed by atoms with E-state index in [-0.39, 0.29) is 23.8 Å². The third-order valence-corrected chi connectivity index (χ3v) is 3.56. The molecule has 0 radical (unpaired) electrons. The van der Waals surface area contributed by atoms with Crippen LogP contribution in [0.5, 0.6) is 0 Å². The van der Waals surface area contributed by atoms with Crippen LogP contribution in [0.25, 0.3) is 0 Å². The molecule has 0 bridgehead atoms. The second kappa shape index (κ2) is 6.07. The second-order valence-corrected chi connectivity index (χ2v) is 5.61. The molecule has 2 heterocycles. The molecular formula is C14H22N4O2. The largest absolute Gasteiger partial charge is 0.354 e. The Morgan fingerprint density at radius 1 is 1.55 bits per heavy atom. The summed E-state index contributed by atoms with van der Waals surface area (Å²) < 4.78 is 1.80. The summed E-state index contributed by atoms with van der Waals surface area (Å²) >= 11 is 0. The fraction of sp³-hybridized carbons (Fsp3) is 0.643. The lowest BCUT2D eigenvalue weighted by Crippen LogP contribution is -2.36. The molecule has 6 nitrogen and oxygen atoms in total. The van der Waals surface area contributed by atoms with Crippen molar-refractivity contribution in [1.82, 2.24) is 20.0 Å². The number of likely N-dealkylation sites (tertiary alicyclic amines) is 1. The molecular weight excluding hydrogens is 256 g/mol. The zero-order chi connectivity index (χ0) is 14.7. The first-order chi connectivity index (χ1) is 9.47. The maximum absolute atomic E-state index is 12.0. The van der Waals surface area contributed by atoms with E-state index in [0.717, 1.165) is 5.56 Å².